The van der Waals surface area contributed by atoms with Crippen molar-refractivity contribution >= 4 is 23.3 Å². The Bertz CT molecular complexity index is 1020. The zero-order valence-electron chi connectivity index (χ0n) is 20.8. The molecular formula is C25H34N6O3S. The predicted octanol–water partition coefficient (Wildman–Crippen LogP) is 3.38. The lowest BCUT2D eigenvalue weighted by atomic mass is 10.0. The molecule has 188 valence electrons. The summed E-state index contributed by atoms with van der Waals surface area (Å²) in [7, 11) is 1.45. The molecule has 2 N–H and O–H groups in total. The summed E-state index contributed by atoms with van der Waals surface area (Å²) in [5, 5.41) is 16.1. The molecule has 1 aliphatic rings. The first-order valence-electron chi connectivity index (χ1n) is 11.8. The van der Waals surface area contributed by atoms with E-state index in [0.29, 0.717) is 36.1 Å². The highest BCUT2D eigenvalue weighted by Gasteiger charge is 2.30. The number of rotatable bonds is 9. The van der Waals surface area contributed by atoms with E-state index in [1.807, 2.05) is 29.3 Å². The largest absolute Gasteiger partial charge is 0.352 e. The number of pyridine rings is 1. The molecule has 1 saturated heterocycles. The van der Waals surface area contributed by atoms with Crippen LogP contribution in [0.15, 0.2) is 22.9 Å². The minimum absolute atomic E-state index is 0.142. The van der Waals surface area contributed by atoms with Crippen molar-refractivity contribution in [2.75, 3.05) is 26.7 Å². The fraction of sp³-hybridized carbons (Fsp3) is 0.520. The summed E-state index contributed by atoms with van der Waals surface area (Å²) in [5.41, 5.74) is 5.78. The number of carbonyl (C=O) groups is 2. The Morgan fingerprint density at radius 2 is 2.11 bits per heavy atom. The van der Waals surface area contributed by atoms with Crippen LogP contribution < -0.4 is 10.8 Å². The molecule has 0 radical (unpaired) electrons. The van der Waals surface area contributed by atoms with Crippen LogP contribution in [0.2, 0.25) is 0 Å². The van der Waals surface area contributed by atoms with Crippen LogP contribution in [0.25, 0.3) is 0 Å². The molecule has 1 atom stereocenters. The Balaban J connectivity index is 1.49. The number of hydrogen-bond acceptors (Lipinski definition) is 7. The first kappa shape index (κ1) is 26.6. The molecule has 0 unspecified atom stereocenters. The molecule has 0 aromatic carbocycles. The highest BCUT2D eigenvalue weighted by Crippen LogP contribution is 2.22. The molecule has 0 saturated carbocycles. The van der Waals surface area contributed by atoms with Gasteiger partial charge < -0.3 is 15.1 Å². The smallest absolute Gasteiger partial charge is 0.341 e. The van der Waals surface area contributed by atoms with Gasteiger partial charge in [0.1, 0.15) is 11.8 Å². The number of aryl methyl sites for hydroxylation is 2. The number of likely N-dealkylation sites (tertiary alicyclic amines) is 1. The number of carbonyl (C=O) groups excluding carboxylic acids is 2. The molecule has 3 rings (SSSR count). The van der Waals surface area contributed by atoms with Gasteiger partial charge in [-0.3, -0.25) is 9.63 Å². The molecule has 1 aliphatic heterocycles. The third-order valence-electron chi connectivity index (χ3n) is 6.53. The van der Waals surface area contributed by atoms with Crippen molar-refractivity contribution in [2.24, 2.45) is 0 Å². The standard InChI is InChI=1S/C25H34N6O3S/c1-17-13-21(14-26)28-19(3)23(17)24(32)27-9-5-18(2)30-10-6-22(7-11-30)31(25(33)29-34-4)15-20-8-12-35-16-20/h8,12-13,16,18,22H,5-7,9-11,15H2,1-4H3,(H,27,32)(H,29,33)/t18-/m1/s1. The second-order valence-electron chi connectivity index (χ2n) is 8.93. The zero-order valence-corrected chi connectivity index (χ0v) is 21.7. The number of piperidine rings is 1. The number of amides is 3. The van der Waals surface area contributed by atoms with E-state index in [1.54, 1.807) is 24.3 Å². The van der Waals surface area contributed by atoms with E-state index >= 15 is 0 Å². The molecule has 2 aromatic heterocycles. The third kappa shape index (κ3) is 7.01. The predicted molar refractivity (Wildman–Crippen MR) is 135 cm³/mol. The average molecular weight is 499 g/mol. The van der Waals surface area contributed by atoms with Gasteiger partial charge in [0.05, 0.1) is 18.4 Å². The van der Waals surface area contributed by atoms with Crippen LogP contribution in [0.5, 0.6) is 0 Å². The fourth-order valence-electron chi connectivity index (χ4n) is 4.63. The summed E-state index contributed by atoms with van der Waals surface area (Å²) >= 11 is 1.62. The van der Waals surface area contributed by atoms with Gasteiger partial charge in [-0.15, -0.1) is 0 Å². The van der Waals surface area contributed by atoms with Crippen molar-refractivity contribution in [1.29, 1.82) is 5.26 Å². The number of hydrogen-bond donors (Lipinski definition) is 2. The van der Waals surface area contributed by atoms with E-state index < -0.39 is 0 Å². The van der Waals surface area contributed by atoms with Gasteiger partial charge in [0.25, 0.3) is 5.91 Å². The maximum atomic E-state index is 12.7. The SMILES string of the molecule is CONC(=O)N(Cc1ccsc1)C1CCN([C@H](C)CCNC(=O)c2c(C)cc(C#N)nc2C)CC1. The molecule has 3 heterocycles. The van der Waals surface area contributed by atoms with E-state index in [9.17, 15) is 9.59 Å². The monoisotopic (exact) mass is 498 g/mol. The molecule has 35 heavy (non-hydrogen) atoms. The zero-order chi connectivity index (χ0) is 25.4. The average Bonchev–Trinajstić information content (AvgIpc) is 3.35. The van der Waals surface area contributed by atoms with Crippen molar-refractivity contribution < 1.29 is 14.4 Å². The van der Waals surface area contributed by atoms with Gasteiger partial charge in [0.15, 0.2) is 0 Å². The van der Waals surface area contributed by atoms with Gasteiger partial charge in [-0.2, -0.15) is 16.6 Å². The minimum atomic E-state index is -0.212. The number of nitriles is 1. The van der Waals surface area contributed by atoms with Crippen LogP contribution in [0.1, 0.15) is 59.1 Å². The normalized spacial score (nSPS) is 15.3. The summed E-state index contributed by atoms with van der Waals surface area (Å²) in [5.74, 6) is -0.156. The van der Waals surface area contributed by atoms with Crippen LogP contribution in [-0.2, 0) is 11.4 Å². The number of aromatic nitrogens is 1. The van der Waals surface area contributed by atoms with Crippen molar-refractivity contribution in [3.8, 4) is 6.07 Å². The molecular weight excluding hydrogens is 464 g/mol. The van der Waals surface area contributed by atoms with Gasteiger partial charge in [-0.05, 0) is 74.1 Å². The van der Waals surface area contributed by atoms with Crippen molar-refractivity contribution in [3.05, 3.63) is 51.0 Å². The van der Waals surface area contributed by atoms with Gasteiger partial charge >= 0.3 is 6.03 Å². The Morgan fingerprint density at radius 1 is 1.37 bits per heavy atom. The summed E-state index contributed by atoms with van der Waals surface area (Å²) in [6.07, 6.45) is 2.58. The molecule has 0 spiro atoms. The van der Waals surface area contributed by atoms with Crippen LogP contribution in [-0.4, -0.2) is 65.5 Å². The van der Waals surface area contributed by atoms with Gasteiger partial charge in [0.2, 0.25) is 0 Å². The first-order chi connectivity index (χ1) is 16.8. The van der Waals surface area contributed by atoms with E-state index in [-0.39, 0.29) is 18.0 Å². The Labute approximate surface area is 211 Å². The second kappa shape index (κ2) is 12.6. The topological polar surface area (TPSA) is 111 Å². The molecule has 10 heteroatoms. The van der Waals surface area contributed by atoms with Crippen molar-refractivity contribution in [3.63, 3.8) is 0 Å². The van der Waals surface area contributed by atoms with Gasteiger partial charge in [0, 0.05) is 38.3 Å². The number of nitrogens with one attached hydrogen (secondary N) is 2. The van der Waals surface area contributed by atoms with E-state index in [2.05, 4.69) is 33.0 Å². The number of urea groups is 1. The lowest BCUT2D eigenvalue weighted by Crippen LogP contribution is -2.51. The number of thiophene rings is 1. The lowest BCUT2D eigenvalue weighted by molar-refractivity contribution is 0.0565. The van der Waals surface area contributed by atoms with Gasteiger partial charge in [-0.1, -0.05) is 0 Å². The van der Waals surface area contributed by atoms with Crippen LogP contribution >= 0.6 is 11.3 Å². The maximum absolute atomic E-state index is 12.7. The summed E-state index contributed by atoms with van der Waals surface area (Å²) < 4.78 is 0. The van der Waals surface area contributed by atoms with Gasteiger partial charge in [-0.25, -0.2) is 15.3 Å². The molecule has 2 aromatic rings. The number of hydroxylamine groups is 1. The Hall–Kier alpha value is -3.00. The van der Waals surface area contributed by atoms with E-state index in [1.165, 1.54) is 7.11 Å². The third-order valence-corrected chi connectivity index (χ3v) is 7.27. The fourth-order valence-corrected chi connectivity index (χ4v) is 5.29. The van der Waals surface area contributed by atoms with Crippen molar-refractivity contribution in [2.45, 2.75) is 58.7 Å². The summed E-state index contributed by atoms with van der Waals surface area (Å²) in [6.45, 7) is 8.64. The molecule has 1 fully saturated rings. The van der Waals surface area contributed by atoms with Crippen LogP contribution in [0, 0.1) is 25.2 Å². The summed E-state index contributed by atoms with van der Waals surface area (Å²) in [6, 6.07) is 5.94. The number of nitrogens with zero attached hydrogens (tertiary/aromatic N) is 4. The Morgan fingerprint density at radius 3 is 2.71 bits per heavy atom. The molecule has 9 nitrogen and oxygen atoms in total. The van der Waals surface area contributed by atoms with Crippen LogP contribution in [0.3, 0.4) is 0 Å². The maximum Gasteiger partial charge on any atom is 0.341 e. The second-order valence-corrected chi connectivity index (χ2v) is 9.71. The molecule has 0 aliphatic carbocycles. The van der Waals surface area contributed by atoms with E-state index in [0.717, 1.165) is 43.5 Å². The van der Waals surface area contributed by atoms with Crippen molar-refractivity contribution in [1.82, 2.24) is 25.6 Å². The van der Waals surface area contributed by atoms with E-state index in [4.69, 9.17) is 10.1 Å². The van der Waals surface area contributed by atoms with Crippen LogP contribution in [0.4, 0.5) is 4.79 Å². The highest BCUT2D eigenvalue weighted by molar-refractivity contribution is 7.07. The lowest BCUT2D eigenvalue weighted by Gasteiger charge is -2.40. The molecule has 0 bridgehead atoms. The quantitative estimate of drug-likeness (QED) is 0.513. The minimum Gasteiger partial charge on any atom is -0.352 e. The summed E-state index contributed by atoms with van der Waals surface area (Å²) in [4.78, 5) is 38.7. The molecule has 3 amide bonds. The first-order valence-corrected chi connectivity index (χ1v) is 12.8. The highest BCUT2D eigenvalue weighted by atomic mass is 32.1. The Kier molecular flexibility index (Phi) is 9.60.